The van der Waals surface area contributed by atoms with E-state index in [4.69, 9.17) is 4.74 Å². The summed E-state index contributed by atoms with van der Waals surface area (Å²) in [5, 5.41) is 0. The lowest BCUT2D eigenvalue weighted by molar-refractivity contribution is -0.147. The zero-order valence-corrected chi connectivity index (χ0v) is 12.6. The highest BCUT2D eigenvalue weighted by molar-refractivity contribution is 5.79. The second kappa shape index (κ2) is 6.84. The molecule has 110 valence electrons. The summed E-state index contributed by atoms with van der Waals surface area (Å²) in [4.78, 5) is 18.5. The number of pyridine rings is 1. The molecule has 4 nitrogen and oxygen atoms in total. The lowest BCUT2D eigenvalue weighted by Gasteiger charge is -2.35. The second-order valence-electron chi connectivity index (χ2n) is 5.88. The molecule has 1 aromatic heterocycles. The SMILES string of the molecule is CC(C)[C@@H]1OCCC[C@@H]1C(=O)N(C)Cc1ccncc1. The molecule has 0 aliphatic carbocycles. The number of rotatable bonds is 4. The van der Waals surface area contributed by atoms with E-state index in [9.17, 15) is 4.79 Å². The van der Waals surface area contributed by atoms with Gasteiger partial charge < -0.3 is 9.64 Å². The standard InChI is InChI=1S/C16H24N2O2/c1-12(2)15-14(5-4-10-20-15)16(19)18(3)11-13-6-8-17-9-7-13/h6-9,12,14-15H,4-5,10-11H2,1-3H3/t14-,15-/m0/s1. The summed E-state index contributed by atoms with van der Waals surface area (Å²) in [5.41, 5.74) is 1.11. The Morgan fingerprint density at radius 2 is 2.15 bits per heavy atom. The Morgan fingerprint density at radius 3 is 2.80 bits per heavy atom. The van der Waals surface area contributed by atoms with Crippen LogP contribution in [0.1, 0.15) is 32.3 Å². The van der Waals surface area contributed by atoms with Gasteiger partial charge in [0.2, 0.25) is 5.91 Å². The van der Waals surface area contributed by atoms with Gasteiger partial charge in [-0.05, 0) is 36.5 Å². The molecular formula is C16H24N2O2. The van der Waals surface area contributed by atoms with Crippen molar-refractivity contribution in [1.29, 1.82) is 0 Å². The molecule has 0 spiro atoms. The molecule has 1 aliphatic heterocycles. The fraction of sp³-hybridized carbons (Fsp3) is 0.625. The fourth-order valence-electron chi connectivity index (χ4n) is 2.85. The predicted molar refractivity (Wildman–Crippen MR) is 78.0 cm³/mol. The van der Waals surface area contributed by atoms with E-state index in [2.05, 4.69) is 18.8 Å². The van der Waals surface area contributed by atoms with E-state index < -0.39 is 0 Å². The Kier molecular flexibility index (Phi) is 5.12. The molecule has 0 radical (unpaired) electrons. The van der Waals surface area contributed by atoms with Crippen molar-refractivity contribution < 1.29 is 9.53 Å². The molecule has 1 saturated heterocycles. The maximum atomic E-state index is 12.6. The number of amides is 1. The Hall–Kier alpha value is -1.42. The Balaban J connectivity index is 2.01. The summed E-state index contributed by atoms with van der Waals surface area (Å²) in [6.07, 6.45) is 5.48. The summed E-state index contributed by atoms with van der Waals surface area (Å²) in [6, 6.07) is 3.89. The zero-order chi connectivity index (χ0) is 14.5. The smallest absolute Gasteiger partial charge is 0.228 e. The monoisotopic (exact) mass is 276 g/mol. The first-order valence-corrected chi connectivity index (χ1v) is 7.35. The summed E-state index contributed by atoms with van der Waals surface area (Å²) < 4.78 is 5.82. The van der Waals surface area contributed by atoms with Crippen LogP contribution in [0.4, 0.5) is 0 Å². The Labute approximate surface area is 121 Å². The van der Waals surface area contributed by atoms with Crippen molar-refractivity contribution in [1.82, 2.24) is 9.88 Å². The summed E-state index contributed by atoms with van der Waals surface area (Å²) in [5.74, 6) is 0.564. The average molecular weight is 276 g/mol. The van der Waals surface area contributed by atoms with Gasteiger partial charge in [0.05, 0.1) is 12.0 Å². The number of nitrogens with zero attached hydrogens (tertiary/aromatic N) is 2. The van der Waals surface area contributed by atoms with Crippen LogP contribution >= 0.6 is 0 Å². The number of aromatic nitrogens is 1. The van der Waals surface area contributed by atoms with Crippen LogP contribution in [-0.4, -0.2) is 35.5 Å². The van der Waals surface area contributed by atoms with Gasteiger partial charge in [0, 0.05) is 32.6 Å². The van der Waals surface area contributed by atoms with Crippen molar-refractivity contribution in [2.45, 2.75) is 39.3 Å². The molecular weight excluding hydrogens is 252 g/mol. The molecule has 1 fully saturated rings. The number of hydrogen-bond donors (Lipinski definition) is 0. The van der Waals surface area contributed by atoms with Crippen LogP contribution < -0.4 is 0 Å². The zero-order valence-electron chi connectivity index (χ0n) is 12.6. The molecule has 2 rings (SSSR count). The molecule has 0 saturated carbocycles. The third kappa shape index (κ3) is 3.57. The second-order valence-corrected chi connectivity index (χ2v) is 5.88. The fourth-order valence-corrected chi connectivity index (χ4v) is 2.85. The molecule has 0 unspecified atom stereocenters. The predicted octanol–water partition coefficient (Wildman–Crippen LogP) is 2.49. The van der Waals surface area contributed by atoms with Crippen molar-refractivity contribution >= 4 is 5.91 Å². The quantitative estimate of drug-likeness (QED) is 0.848. The molecule has 20 heavy (non-hydrogen) atoms. The van der Waals surface area contributed by atoms with Gasteiger partial charge in [0.15, 0.2) is 0 Å². The Morgan fingerprint density at radius 1 is 1.45 bits per heavy atom. The van der Waals surface area contributed by atoms with Gasteiger partial charge in [-0.15, -0.1) is 0 Å². The molecule has 0 N–H and O–H groups in total. The molecule has 2 atom stereocenters. The maximum Gasteiger partial charge on any atom is 0.228 e. The third-order valence-electron chi connectivity index (χ3n) is 3.89. The van der Waals surface area contributed by atoms with Gasteiger partial charge >= 0.3 is 0 Å². The van der Waals surface area contributed by atoms with E-state index in [1.165, 1.54) is 0 Å². The lowest BCUT2D eigenvalue weighted by atomic mass is 9.86. The summed E-state index contributed by atoms with van der Waals surface area (Å²) >= 11 is 0. The lowest BCUT2D eigenvalue weighted by Crippen LogP contribution is -2.44. The van der Waals surface area contributed by atoms with Crippen molar-refractivity contribution in [3.63, 3.8) is 0 Å². The van der Waals surface area contributed by atoms with E-state index in [0.717, 1.165) is 25.0 Å². The first-order chi connectivity index (χ1) is 9.59. The summed E-state index contributed by atoms with van der Waals surface area (Å²) in [7, 11) is 1.87. The maximum absolute atomic E-state index is 12.6. The van der Waals surface area contributed by atoms with Crippen LogP contribution in [0.15, 0.2) is 24.5 Å². The van der Waals surface area contributed by atoms with E-state index in [1.807, 2.05) is 24.1 Å². The van der Waals surface area contributed by atoms with Crippen LogP contribution in [-0.2, 0) is 16.1 Å². The first kappa shape index (κ1) is 15.0. The molecule has 1 aromatic rings. The van der Waals surface area contributed by atoms with Crippen LogP contribution in [0.3, 0.4) is 0 Å². The number of carbonyl (C=O) groups is 1. The van der Waals surface area contributed by atoms with Crippen LogP contribution in [0.2, 0.25) is 0 Å². The van der Waals surface area contributed by atoms with Gasteiger partial charge in [-0.1, -0.05) is 13.8 Å². The normalized spacial score (nSPS) is 22.8. The van der Waals surface area contributed by atoms with E-state index in [0.29, 0.717) is 12.5 Å². The van der Waals surface area contributed by atoms with Crippen molar-refractivity contribution in [3.8, 4) is 0 Å². The van der Waals surface area contributed by atoms with Gasteiger partial charge in [-0.2, -0.15) is 0 Å². The van der Waals surface area contributed by atoms with Gasteiger partial charge in [-0.25, -0.2) is 0 Å². The topological polar surface area (TPSA) is 42.4 Å². The van der Waals surface area contributed by atoms with Crippen molar-refractivity contribution in [2.75, 3.05) is 13.7 Å². The highest BCUT2D eigenvalue weighted by atomic mass is 16.5. The van der Waals surface area contributed by atoms with Gasteiger partial charge in [0.1, 0.15) is 0 Å². The Bertz CT molecular complexity index is 433. The highest BCUT2D eigenvalue weighted by Crippen LogP contribution is 2.28. The average Bonchev–Trinajstić information content (AvgIpc) is 2.47. The molecule has 0 bridgehead atoms. The molecule has 1 amide bonds. The minimum absolute atomic E-state index is 0.00409. The molecule has 0 aromatic carbocycles. The van der Waals surface area contributed by atoms with Crippen LogP contribution in [0.25, 0.3) is 0 Å². The largest absolute Gasteiger partial charge is 0.377 e. The summed E-state index contributed by atoms with van der Waals surface area (Å²) in [6.45, 7) is 5.65. The highest BCUT2D eigenvalue weighted by Gasteiger charge is 2.35. The molecule has 2 heterocycles. The van der Waals surface area contributed by atoms with Gasteiger partial charge in [-0.3, -0.25) is 9.78 Å². The minimum Gasteiger partial charge on any atom is -0.377 e. The molecule has 1 aliphatic rings. The van der Waals surface area contributed by atoms with Crippen molar-refractivity contribution in [2.24, 2.45) is 11.8 Å². The van der Waals surface area contributed by atoms with E-state index >= 15 is 0 Å². The van der Waals surface area contributed by atoms with Crippen molar-refractivity contribution in [3.05, 3.63) is 30.1 Å². The number of carbonyl (C=O) groups excluding carboxylic acids is 1. The van der Waals surface area contributed by atoms with E-state index in [1.54, 1.807) is 12.4 Å². The van der Waals surface area contributed by atoms with Crippen LogP contribution in [0.5, 0.6) is 0 Å². The number of ether oxygens (including phenoxy) is 1. The molecule has 4 heteroatoms. The third-order valence-corrected chi connectivity index (χ3v) is 3.89. The number of hydrogen-bond acceptors (Lipinski definition) is 3. The first-order valence-electron chi connectivity index (χ1n) is 7.35. The van der Waals surface area contributed by atoms with E-state index in [-0.39, 0.29) is 17.9 Å². The van der Waals surface area contributed by atoms with Gasteiger partial charge in [0.25, 0.3) is 0 Å². The van der Waals surface area contributed by atoms with Crippen LogP contribution in [0, 0.1) is 11.8 Å². The minimum atomic E-state index is -0.00409.